The highest BCUT2D eigenvalue weighted by atomic mass is 16.5. The van der Waals surface area contributed by atoms with E-state index in [0.29, 0.717) is 6.61 Å². The minimum atomic E-state index is 0.621. The average molecular weight is 406 g/mol. The van der Waals surface area contributed by atoms with Crippen LogP contribution < -0.4 is 9.64 Å². The number of anilines is 1. The lowest BCUT2D eigenvalue weighted by Gasteiger charge is -2.20. The van der Waals surface area contributed by atoms with Gasteiger partial charge >= 0.3 is 0 Å². The number of unbranched alkanes of at least 4 members (excludes halogenated alkanes) is 5. The van der Waals surface area contributed by atoms with Crippen LogP contribution in [0.4, 0.5) is 5.82 Å². The van der Waals surface area contributed by atoms with Gasteiger partial charge in [0.15, 0.2) is 0 Å². The third kappa shape index (κ3) is 6.19. The van der Waals surface area contributed by atoms with Crippen LogP contribution >= 0.6 is 0 Å². The zero-order valence-corrected chi connectivity index (χ0v) is 18.7. The molecule has 4 heteroatoms. The van der Waals surface area contributed by atoms with Gasteiger partial charge in [0.25, 0.3) is 0 Å². The normalized spacial score (nSPS) is 11.0. The van der Waals surface area contributed by atoms with Gasteiger partial charge in [-0.3, -0.25) is 0 Å². The lowest BCUT2D eigenvalue weighted by molar-refractivity contribution is 0.323. The zero-order valence-electron chi connectivity index (χ0n) is 18.7. The molecule has 4 nitrogen and oxygen atoms in total. The number of rotatable bonds is 12. The Morgan fingerprint density at radius 2 is 1.73 bits per heavy atom. The molecule has 30 heavy (non-hydrogen) atoms. The molecule has 0 bridgehead atoms. The van der Waals surface area contributed by atoms with Gasteiger partial charge in [0.2, 0.25) is 0 Å². The van der Waals surface area contributed by atoms with Gasteiger partial charge in [0.1, 0.15) is 24.5 Å². The minimum absolute atomic E-state index is 0.621. The van der Waals surface area contributed by atoms with Crippen LogP contribution in [0.15, 0.2) is 48.8 Å². The summed E-state index contributed by atoms with van der Waals surface area (Å²) in [5, 5.41) is 1.07. The van der Waals surface area contributed by atoms with Crippen molar-refractivity contribution < 1.29 is 4.74 Å². The fraction of sp³-hybridized carbons (Fsp3) is 0.462. The monoisotopic (exact) mass is 405 g/mol. The predicted molar refractivity (Wildman–Crippen MR) is 127 cm³/mol. The Bertz CT molecular complexity index is 920. The van der Waals surface area contributed by atoms with Crippen molar-refractivity contribution in [2.45, 2.75) is 58.8 Å². The topological polar surface area (TPSA) is 38.2 Å². The van der Waals surface area contributed by atoms with E-state index >= 15 is 0 Å². The molecule has 0 aliphatic carbocycles. The predicted octanol–water partition coefficient (Wildman–Crippen LogP) is 6.36. The number of aryl methyl sites for hydroxylation is 2. The largest absolute Gasteiger partial charge is 0.491 e. The quantitative estimate of drug-likeness (QED) is 0.329. The van der Waals surface area contributed by atoms with Crippen molar-refractivity contribution in [1.29, 1.82) is 0 Å². The summed E-state index contributed by atoms with van der Waals surface area (Å²) in [7, 11) is 2.06. The van der Waals surface area contributed by atoms with Gasteiger partial charge in [0, 0.05) is 12.4 Å². The lowest BCUT2D eigenvalue weighted by atomic mass is 10.0. The molecule has 1 heterocycles. The molecule has 1 aromatic heterocycles. The first-order valence-electron chi connectivity index (χ1n) is 11.3. The molecule has 0 radical (unpaired) electrons. The Balaban J connectivity index is 1.51. The van der Waals surface area contributed by atoms with E-state index in [4.69, 9.17) is 4.74 Å². The lowest BCUT2D eigenvalue weighted by Crippen LogP contribution is -2.25. The third-order valence-corrected chi connectivity index (χ3v) is 5.64. The minimum Gasteiger partial charge on any atom is -0.491 e. The molecule has 0 amide bonds. The smallest absolute Gasteiger partial charge is 0.139 e. The fourth-order valence-corrected chi connectivity index (χ4v) is 3.76. The van der Waals surface area contributed by atoms with E-state index in [1.165, 1.54) is 49.7 Å². The Kier molecular flexibility index (Phi) is 8.49. The first-order valence-corrected chi connectivity index (χ1v) is 11.3. The van der Waals surface area contributed by atoms with E-state index in [-0.39, 0.29) is 0 Å². The van der Waals surface area contributed by atoms with Crippen molar-refractivity contribution in [2.24, 2.45) is 0 Å². The van der Waals surface area contributed by atoms with Gasteiger partial charge in [-0.1, -0.05) is 63.3 Å². The number of fused-ring (bicyclic) bond motifs is 1. The maximum Gasteiger partial charge on any atom is 0.139 e. The molecule has 160 valence electrons. The van der Waals surface area contributed by atoms with Crippen molar-refractivity contribution in [3.8, 4) is 5.75 Å². The molecule has 0 saturated carbocycles. The van der Waals surface area contributed by atoms with Crippen LogP contribution in [0.5, 0.6) is 5.75 Å². The summed E-state index contributed by atoms with van der Waals surface area (Å²) < 4.78 is 6.16. The number of hydrogen-bond donors (Lipinski definition) is 0. The maximum absolute atomic E-state index is 6.16. The van der Waals surface area contributed by atoms with Crippen molar-refractivity contribution in [3.63, 3.8) is 0 Å². The van der Waals surface area contributed by atoms with E-state index in [1.807, 2.05) is 18.2 Å². The Morgan fingerprint density at radius 3 is 2.60 bits per heavy atom. The van der Waals surface area contributed by atoms with Crippen molar-refractivity contribution in [1.82, 2.24) is 9.97 Å². The molecule has 0 saturated heterocycles. The Hall–Kier alpha value is -2.62. The first-order chi connectivity index (χ1) is 14.7. The molecular weight excluding hydrogens is 370 g/mol. The van der Waals surface area contributed by atoms with Crippen LogP contribution in [-0.4, -0.2) is 30.2 Å². The molecule has 0 atom stereocenters. The molecule has 0 aliphatic heterocycles. The first kappa shape index (κ1) is 22.1. The number of benzene rings is 2. The van der Waals surface area contributed by atoms with E-state index in [1.54, 1.807) is 6.33 Å². The van der Waals surface area contributed by atoms with Gasteiger partial charge in [0.05, 0.1) is 12.1 Å². The summed E-state index contributed by atoms with van der Waals surface area (Å²) >= 11 is 0. The van der Waals surface area contributed by atoms with Gasteiger partial charge in [-0.25, -0.2) is 9.97 Å². The number of para-hydroxylation sites is 1. The Morgan fingerprint density at radius 1 is 0.933 bits per heavy atom. The van der Waals surface area contributed by atoms with Gasteiger partial charge < -0.3 is 9.64 Å². The van der Waals surface area contributed by atoms with Crippen molar-refractivity contribution in [3.05, 3.63) is 59.9 Å². The second-order valence-electron chi connectivity index (χ2n) is 8.10. The Labute approximate surface area is 181 Å². The molecule has 0 unspecified atom stereocenters. The highest BCUT2D eigenvalue weighted by Gasteiger charge is 2.09. The van der Waals surface area contributed by atoms with Gasteiger partial charge in [-0.05, 0) is 49.1 Å². The standard InChI is InChI=1S/C26H35N3O/c1-4-5-6-7-8-9-12-22-16-15-21(2)25(19-22)30-18-17-29(3)26-23-13-10-11-14-24(23)27-20-28-26/h10-11,13-16,19-20H,4-9,12,17-18H2,1-3H3. The van der Waals surface area contributed by atoms with Crippen LogP contribution in [0.25, 0.3) is 10.9 Å². The van der Waals surface area contributed by atoms with Crippen LogP contribution in [0.2, 0.25) is 0 Å². The zero-order chi connectivity index (χ0) is 21.2. The van der Waals surface area contributed by atoms with E-state index in [9.17, 15) is 0 Å². The summed E-state index contributed by atoms with van der Waals surface area (Å²) in [6.07, 6.45) is 10.7. The molecule has 3 aromatic rings. The average Bonchev–Trinajstić information content (AvgIpc) is 2.77. The number of likely N-dealkylation sites (N-methyl/N-ethyl adjacent to an activating group) is 1. The molecule has 0 fully saturated rings. The highest BCUT2D eigenvalue weighted by Crippen LogP contribution is 2.23. The van der Waals surface area contributed by atoms with Crippen molar-refractivity contribution >= 4 is 16.7 Å². The van der Waals surface area contributed by atoms with E-state index in [0.717, 1.165) is 35.4 Å². The van der Waals surface area contributed by atoms with Gasteiger partial charge in [-0.2, -0.15) is 0 Å². The number of ether oxygens (including phenoxy) is 1. The molecule has 2 aromatic carbocycles. The third-order valence-electron chi connectivity index (χ3n) is 5.64. The fourth-order valence-electron chi connectivity index (χ4n) is 3.76. The summed E-state index contributed by atoms with van der Waals surface area (Å²) in [6, 6.07) is 14.8. The van der Waals surface area contributed by atoms with Crippen LogP contribution in [0.1, 0.15) is 56.6 Å². The van der Waals surface area contributed by atoms with Gasteiger partial charge in [-0.15, -0.1) is 0 Å². The summed E-state index contributed by atoms with van der Waals surface area (Å²) in [6.45, 7) is 5.77. The maximum atomic E-state index is 6.16. The van der Waals surface area contributed by atoms with E-state index < -0.39 is 0 Å². The molecule has 3 rings (SSSR count). The highest BCUT2D eigenvalue weighted by molar-refractivity contribution is 5.89. The van der Waals surface area contributed by atoms with Crippen LogP contribution in [-0.2, 0) is 6.42 Å². The SMILES string of the molecule is CCCCCCCCc1ccc(C)c(OCCN(C)c2ncnc3ccccc23)c1. The van der Waals surface area contributed by atoms with Crippen LogP contribution in [0.3, 0.4) is 0 Å². The summed E-state index contributed by atoms with van der Waals surface area (Å²) in [4.78, 5) is 11.0. The van der Waals surface area contributed by atoms with Crippen LogP contribution in [0, 0.1) is 6.92 Å². The summed E-state index contributed by atoms with van der Waals surface area (Å²) in [5.74, 6) is 1.94. The van der Waals surface area contributed by atoms with E-state index in [2.05, 4.69) is 60.0 Å². The molecule has 0 aliphatic rings. The second kappa shape index (κ2) is 11.5. The number of aromatic nitrogens is 2. The number of nitrogens with zero attached hydrogens (tertiary/aromatic N) is 3. The second-order valence-corrected chi connectivity index (χ2v) is 8.10. The molecular formula is C26H35N3O. The molecule has 0 N–H and O–H groups in total. The summed E-state index contributed by atoms with van der Waals surface area (Å²) in [5.41, 5.74) is 3.53. The van der Waals surface area contributed by atoms with Crippen molar-refractivity contribution in [2.75, 3.05) is 25.1 Å². The molecule has 0 spiro atoms. The number of hydrogen-bond acceptors (Lipinski definition) is 4.